The van der Waals surface area contributed by atoms with Gasteiger partial charge in [-0.15, -0.1) is 21.0 Å². The molecule has 13 heteroatoms. The van der Waals surface area contributed by atoms with Gasteiger partial charge in [-0.1, -0.05) is 36.8 Å². The van der Waals surface area contributed by atoms with Crippen LogP contribution < -0.4 is 10.0 Å². The van der Waals surface area contributed by atoms with E-state index in [1.54, 1.807) is 24.3 Å². The van der Waals surface area contributed by atoms with E-state index in [0.717, 1.165) is 0 Å². The zero-order valence-corrected chi connectivity index (χ0v) is 19.1. The summed E-state index contributed by atoms with van der Waals surface area (Å²) >= 11 is 7.06. The van der Waals surface area contributed by atoms with Gasteiger partial charge in [0.1, 0.15) is 15.8 Å². The van der Waals surface area contributed by atoms with Crippen molar-refractivity contribution in [3.05, 3.63) is 46.7 Å². The highest BCUT2D eigenvalue weighted by Crippen LogP contribution is 2.28. The molecule has 0 saturated carbocycles. The highest BCUT2D eigenvalue weighted by Gasteiger charge is 2.11. The number of hydrogen-bond donors (Lipinski definition) is 4. The molecule has 0 amide bonds. The Kier molecular flexibility index (Phi) is 8.89. The normalized spacial score (nSPS) is 12.6. The predicted molar refractivity (Wildman–Crippen MR) is 118 cm³/mol. The summed E-state index contributed by atoms with van der Waals surface area (Å²) in [6.45, 7) is 4.18. The number of halogens is 1. The van der Waals surface area contributed by atoms with Gasteiger partial charge < -0.3 is 5.32 Å². The molecule has 0 aliphatic rings. The van der Waals surface area contributed by atoms with Crippen LogP contribution in [0.2, 0.25) is 5.02 Å². The van der Waals surface area contributed by atoms with Crippen LogP contribution in [-0.2, 0) is 17.3 Å². The highest BCUT2D eigenvalue weighted by molar-refractivity contribution is 8.22. The fourth-order valence-electron chi connectivity index (χ4n) is 1.84. The number of hydrogen-bond acceptors (Lipinski definition) is 10. The summed E-state index contributed by atoms with van der Waals surface area (Å²) in [5, 5.41) is 12.8. The summed E-state index contributed by atoms with van der Waals surface area (Å²) in [6.07, 6.45) is 4.16. The third kappa shape index (κ3) is 7.59. The Morgan fingerprint density at radius 2 is 1.83 bits per heavy atom. The largest absolute Gasteiger partial charge is 0.313 e. The van der Waals surface area contributed by atoms with Gasteiger partial charge in [-0.3, -0.25) is 9.11 Å². The Morgan fingerprint density at radius 3 is 2.41 bits per heavy atom. The lowest BCUT2D eigenvalue weighted by atomic mass is 10.4. The Bertz CT molecular complexity index is 932. The number of anilines is 2. The molecular formula is C16H21ClN6O3S3. The van der Waals surface area contributed by atoms with Crippen molar-refractivity contribution >= 4 is 55.5 Å². The highest BCUT2D eigenvalue weighted by atomic mass is 35.5. The second-order valence-electron chi connectivity index (χ2n) is 5.24. The van der Waals surface area contributed by atoms with Crippen molar-refractivity contribution in [2.75, 3.05) is 11.6 Å². The molecule has 9 nitrogen and oxygen atoms in total. The van der Waals surface area contributed by atoms with E-state index < -0.39 is 21.6 Å². The maximum absolute atomic E-state index is 12.5. The predicted octanol–water partition coefficient (Wildman–Crippen LogP) is 4.30. The summed E-state index contributed by atoms with van der Waals surface area (Å²) < 4.78 is 33.6. The summed E-state index contributed by atoms with van der Waals surface area (Å²) in [5.41, 5.74) is 0. The molecule has 0 aliphatic carbocycles. The first kappa shape index (κ1) is 23.6. The van der Waals surface area contributed by atoms with Crippen molar-refractivity contribution in [3.63, 3.8) is 0 Å². The number of nitrogens with zero attached hydrogens (tertiary/aromatic N) is 4. The fourth-order valence-corrected chi connectivity index (χ4v) is 4.07. The molecular weight excluding hydrogens is 456 g/mol. The quantitative estimate of drug-likeness (QED) is 0.393. The molecule has 1 aromatic carbocycles. The smallest absolute Gasteiger partial charge is 0.211 e. The van der Waals surface area contributed by atoms with E-state index in [1.807, 2.05) is 13.8 Å². The molecule has 0 radical (unpaired) electrons. The molecule has 2 aromatic heterocycles. The zero-order valence-electron chi connectivity index (χ0n) is 15.9. The van der Waals surface area contributed by atoms with Gasteiger partial charge in [-0.2, -0.15) is 0 Å². The maximum Gasteiger partial charge on any atom is 0.211 e. The molecule has 3 rings (SSSR count). The van der Waals surface area contributed by atoms with Gasteiger partial charge >= 0.3 is 0 Å². The third-order valence-electron chi connectivity index (χ3n) is 3.04. The van der Waals surface area contributed by atoms with Crippen LogP contribution in [0.25, 0.3) is 0 Å². The number of nitrogens with one attached hydrogen (secondary N) is 2. The Morgan fingerprint density at radius 1 is 1.14 bits per heavy atom. The second kappa shape index (κ2) is 10.9. The van der Waals surface area contributed by atoms with Crippen molar-refractivity contribution in [3.8, 4) is 0 Å². The summed E-state index contributed by atoms with van der Waals surface area (Å²) in [7, 11) is -4.26. The Hall–Kier alpha value is -1.67. The second-order valence-corrected chi connectivity index (χ2v) is 10.1. The minimum atomic E-state index is -2.80. The van der Waals surface area contributed by atoms with Gasteiger partial charge in [-0.25, -0.2) is 18.9 Å². The summed E-state index contributed by atoms with van der Waals surface area (Å²) in [6, 6.07) is 6.68. The zero-order chi connectivity index (χ0) is 21.4. The van der Waals surface area contributed by atoms with Crippen LogP contribution in [-0.4, -0.2) is 39.7 Å². The van der Waals surface area contributed by atoms with Gasteiger partial charge in [0.25, 0.3) is 0 Å². The lowest BCUT2D eigenvalue weighted by molar-refractivity contribution is 0.477. The third-order valence-corrected chi connectivity index (χ3v) is 6.12. The average molecular weight is 477 g/mol. The number of benzene rings is 1. The molecule has 3 aromatic rings. The summed E-state index contributed by atoms with van der Waals surface area (Å²) in [4.78, 5) is 8.94. The van der Waals surface area contributed by atoms with Crippen molar-refractivity contribution in [2.45, 2.75) is 30.3 Å². The molecule has 1 unspecified atom stereocenters. The van der Waals surface area contributed by atoms with Crippen molar-refractivity contribution in [1.82, 2.24) is 24.9 Å². The number of aromatic nitrogens is 4. The van der Waals surface area contributed by atoms with Crippen molar-refractivity contribution < 1.29 is 13.3 Å². The first-order valence-corrected chi connectivity index (χ1v) is 12.7. The molecule has 0 saturated heterocycles. The van der Waals surface area contributed by atoms with Gasteiger partial charge in [0.15, 0.2) is 10.8 Å². The Balaban J connectivity index is 0.00000145. The van der Waals surface area contributed by atoms with Crippen LogP contribution in [0, 0.1) is 0 Å². The van der Waals surface area contributed by atoms with Crippen LogP contribution in [0.3, 0.4) is 0 Å². The standard InChI is InChI=1S/C14H15ClN6O3S3.C2H6/c1-27(23,24)18-7-12-20-21-14(25-12)19-11-6-17-13(8-16-11)26(22)10-4-2-9(15)3-5-10;1-2/h2-6,8,18,23-24H,7H2,1H3,(H,16,19,21);1-2H3. The molecule has 0 fully saturated rings. The van der Waals surface area contributed by atoms with E-state index in [0.29, 0.717) is 30.9 Å². The molecule has 4 N–H and O–H groups in total. The van der Waals surface area contributed by atoms with Gasteiger partial charge in [-0.05, 0) is 24.3 Å². The van der Waals surface area contributed by atoms with Gasteiger partial charge in [0, 0.05) is 16.2 Å². The fraction of sp³-hybridized carbons (Fsp3) is 0.250. The molecule has 1 atom stereocenters. The summed E-state index contributed by atoms with van der Waals surface area (Å²) in [5.74, 6) is 0.419. The van der Waals surface area contributed by atoms with E-state index in [1.165, 1.54) is 30.0 Å². The van der Waals surface area contributed by atoms with E-state index in [4.69, 9.17) is 11.6 Å². The molecule has 158 valence electrons. The van der Waals surface area contributed by atoms with Gasteiger partial charge in [0.05, 0.1) is 18.9 Å². The SMILES string of the molecule is CC.CS(O)(O)NCc1nnc(Nc2cnc(S(=O)c3ccc(Cl)cc3)cn2)s1. The van der Waals surface area contributed by atoms with Crippen molar-refractivity contribution in [1.29, 1.82) is 0 Å². The van der Waals surface area contributed by atoms with Crippen LogP contribution in [0.4, 0.5) is 10.9 Å². The Labute approximate surface area is 181 Å². The lowest BCUT2D eigenvalue weighted by Gasteiger charge is -2.26. The molecule has 0 aliphatic heterocycles. The van der Waals surface area contributed by atoms with E-state index in [2.05, 4.69) is 30.2 Å². The number of rotatable bonds is 7. The lowest BCUT2D eigenvalue weighted by Crippen LogP contribution is -2.17. The van der Waals surface area contributed by atoms with Crippen molar-refractivity contribution in [2.24, 2.45) is 0 Å². The molecule has 0 spiro atoms. The first-order valence-electron chi connectivity index (χ1n) is 8.37. The van der Waals surface area contributed by atoms with E-state index >= 15 is 0 Å². The van der Waals surface area contributed by atoms with Crippen LogP contribution >= 0.6 is 33.7 Å². The van der Waals surface area contributed by atoms with Crippen LogP contribution in [0.5, 0.6) is 0 Å². The van der Waals surface area contributed by atoms with E-state index in [-0.39, 0.29) is 6.54 Å². The van der Waals surface area contributed by atoms with Crippen LogP contribution in [0.1, 0.15) is 18.9 Å². The van der Waals surface area contributed by atoms with Crippen LogP contribution in [0.15, 0.2) is 46.6 Å². The first-order chi connectivity index (χ1) is 13.8. The molecule has 0 bridgehead atoms. The van der Waals surface area contributed by atoms with Gasteiger partial charge in [0.2, 0.25) is 5.13 Å². The maximum atomic E-state index is 12.5. The molecule has 29 heavy (non-hydrogen) atoms. The minimum absolute atomic E-state index is 0.183. The molecule has 2 heterocycles. The van der Waals surface area contributed by atoms with E-state index in [9.17, 15) is 13.3 Å². The average Bonchev–Trinajstić information content (AvgIpc) is 3.15. The minimum Gasteiger partial charge on any atom is -0.313 e. The topological polar surface area (TPSA) is 133 Å². The monoisotopic (exact) mass is 476 g/mol.